The number of pyridine rings is 1. The summed E-state index contributed by atoms with van der Waals surface area (Å²) in [7, 11) is 0. The lowest BCUT2D eigenvalue weighted by atomic mass is 9.74. The number of benzene rings is 2. The molecule has 0 radical (unpaired) electrons. The molecule has 3 nitrogen and oxygen atoms in total. The maximum Gasteiger partial charge on any atom is 0.161 e. The number of hydrogen-bond acceptors (Lipinski definition) is 3. The van der Waals surface area contributed by atoms with Crippen molar-refractivity contribution in [2.24, 2.45) is 0 Å². The number of nitrogens with zero attached hydrogens (tertiary/aromatic N) is 1. The molecule has 3 heteroatoms. The Morgan fingerprint density at radius 1 is 1.00 bits per heavy atom. The number of rotatable bonds is 1. The van der Waals surface area contributed by atoms with E-state index in [2.05, 4.69) is 52.8 Å². The first-order chi connectivity index (χ1) is 12.3. The van der Waals surface area contributed by atoms with Gasteiger partial charge in [-0.3, -0.25) is 9.78 Å². The van der Waals surface area contributed by atoms with Crippen molar-refractivity contribution < 1.29 is 4.79 Å². The molecule has 1 N–H and O–H groups in total. The van der Waals surface area contributed by atoms with Gasteiger partial charge in [0.1, 0.15) is 0 Å². The zero-order valence-electron chi connectivity index (χ0n) is 13.8. The van der Waals surface area contributed by atoms with Crippen molar-refractivity contribution in [1.29, 1.82) is 0 Å². The molecule has 1 unspecified atom stereocenters. The van der Waals surface area contributed by atoms with E-state index < -0.39 is 0 Å². The number of carbonyl (C=O) groups excluding carboxylic acids is 1. The Kier molecular flexibility index (Phi) is 3.20. The van der Waals surface area contributed by atoms with E-state index in [0.717, 1.165) is 35.4 Å². The van der Waals surface area contributed by atoms with Crippen LogP contribution in [0.5, 0.6) is 0 Å². The van der Waals surface area contributed by atoms with Crippen LogP contribution in [0.4, 0.5) is 5.69 Å². The summed E-state index contributed by atoms with van der Waals surface area (Å²) in [5, 5.41) is 5.96. The topological polar surface area (TPSA) is 42.0 Å². The van der Waals surface area contributed by atoms with E-state index in [1.165, 1.54) is 16.3 Å². The minimum atomic E-state index is -0.0427. The molecular formula is C22H18N2O. The molecule has 1 atom stereocenters. The first-order valence-corrected chi connectivity index (χ1v) is 8.78. The van der Waals surface area contributed by atoms with Gasteiger partial charge < -0.3 is 5.32 Å². The van der Waals surface area contributed by atoms with E-state index in [1.54, 1.807) is 6.20 Å². The largest absolute Gasteiger partial charge is 0.358 e. The quantitative estimate of drug-likeness (QED) is 0.698. The van der Waals surface area contributed by atoms with Crippen LogP contribution >= 0.6 is 0 Å². The van der Waals surface area contributed by atoms with Crippen LogP contribution in [0.2, 0.25) is 0 Å². The van der Waals surface area contributed by atoms with Crippen molar-refractivity contribution in [1.82, 2.24) is 4.98 Å². The first kappa shape index (κ1) is 14.4. The molecule has 0 amide bonds. The third-order valence-electron chi connectivity index (χ3n) is 5.31. The van der Waals surface area contributed by atoms with Crippen molar-refractivity contribution in [2.45, 2.75) is 25.2 Å². The van der Waals surface area contributed by atoms with Gasteiger partial charge in [0, 0.05) is 41.7 Å². The predicted octanol–water partition coefficient (Wildman–Crippen LogP) is 4.80. The SMILES string of the molecule is O=C1CCCC2=C1C(c1cccnc1)c1c(ccc3ccccc13)N2. The average molecular weight is 326 g/mol. The lowest BCUT2D eigenvalue weighted by molar-refractivity contribution is -0.116. The molecule has 1 aromatic heterocycles. The Bertz CT molecular complexity index is 1020. The van der Waals surface area contributed by atoms with Gasteiger partial charge in [0.25, 0.3) is 0 Å². The van der Waals surface area contributed by atoms with Crippen LogP contribution in [0.25, 0.3) is 10.8 Å². The number of hydrogen-bond donors (Lipinski definition) is 1. The van der Waals surface area contributed by atoms with Crippen molar-refractivity contribution in [3.63, 3.8) is 0 Å². The molecule has 0 fully saturated rings. The smallest absolute Gasteiger partial charge is 0.161 e. The number of aromatic nitrogens is 1. The standard InChI is InChI=1S/C22H18N2O/c25-19-9-3-8-17-22(19)20(15-6-4-12-23-13-15)21-16-7-2-1-5-14(16)10-11-18(21)24-17/h1-2,4-7,10-13,20,24H,3,8-9H2. The maximum atomic E-state index is 12.8. The lowest BCUT2D eigenvalue weighted by Gasteiger charge is -2.34. The van der Waals surface area contributed by atoms with Gasteiger partial charge in [0.2, 0.25) is 0 Å². The van der Waals surface area contributed by atoms with Crippen LogP contribution in [0.1, 0.15) is 36.3 Å². The number of anilines is 1. The fraction of sp³-hybridized carbons (Fsp3) is 0.182. The van der Waals surface area contributed by atoms with Crippen molar-refractivity contribution in [2.75, 3.05) is 5.32 Å². The molecule has 2 aliphatic rings. The number of allylic oxidation sites excluding steroid dienone is 2. The van der Waals surface area contributed by atoms with Crippen molar-refractivity contribution in [3.05, 3.63) is 83.3 Å². The fourth-order valence-electron chi connectivity index (χ4n) is 4.23. The van der Waals surface area contributed by atoms with E-state index in [4.69, 9.17) is 0 Å². The normalized spacial score (nSPS) is 19.4. The van der Waals surface area contributed by atoms with Crippen LogP contribution < -0.4 is 5.32 Å². The summed E-state index contributed by atoms with van der Waals surface area (Å²) < 4.78 is 0. The molecule has 1 aliphatic heterocycles. The van der Waals surface area contributed by atoms with Gasteiger partial charge >= 0.3 is 0 Å². The minimum absolute atomic E-state index is 0.0427. The highest BCUT2D eigenvalue weighted by Crippen LogP contribution is 2.47. The highest BCUT2D eigenvalue weighted by Gasteiger charge is 2.35. The summed E-state index contributed by atoms with van der Waals surface area (Å²) in [4.78, 5) is 17.2. The van der Waals surface area contributed by atoms with Gasteiger partial charge in [0.05, 0.1) is 0 Å². The van der Waals surface area contributed by atoms with Crippen molar-refractivity contribution in [3.8, 4) is 0 Å². The van der Waals surface area contributed by atoms with Gasteiger partial charge in [-0.2, -0.15) is 0 Å². The van der Waals surface area contributed by atoms with Gasteiger partial charge in [-0.05, 0) is 46.9 Å². The highest BCUT2D eigenvalue weighted by atomic mass is 16.1. The van der Waals surface area contributed by atoms with Crippen molar-refractivity contribution >= 4 is 22.2 Å². The van der Waals surface area contributed by atoms with E-state index in [0.29, 0.717) is 6.42 Å². The summed E-state index contributed by atoms with van der Waals surface area (Å²) >= 11 is 0. The summed E-state index contributed by atoms with van der Waals surface area (Å²) in [6.45, 7) is 0. The second-order valence-electron chi connectivity index (χ2n) is 6.76. The predicted molar refractivity (Wildman–Crippen MR) is 99.5 cm³/mol. The monoisotopic (exact) mass is 326 g/mol. The molecule has 0 spiro atoms. The third-order valence-corrected chi connectivity index (χ3v) is 5.31. The Labute approximate surface area is 146 Å². The molecule has 0 saturated heterocycles. The van der Waals surface area contributed by atoms with E-state index >= 15 is 0 Å². The fourth-order valence-corrected chi connectivity index (χ4v) is 4.23. The van der Waals surface area contributed by atoms with E-state index in [-0.39, 0.29) is 11.7 Å². The molecular weight excluding hydrogens is 308 g/mol. The molecule has 25 heavy (non-hydrogen) atoms. The molecule has 2 aromatic carbocycles. The Balaban J connectivity index is 1.85. The molecule has 5 rings (SSSR count). The third kappa shape index (κ3) is 2.19. The lowest BCUT2D eigenvalue weighted by Crippen LogP contribution is -2.27. The number of fused-ring (bicyclic) bond motifs is 3. The second-order valence-corrected chi connectivity index (χ2v) is 6.76. The van der Waals surface area contributed by atoms with Crippen LogP contribution in [-0.2, 0) is 4.79 Å². The molecule has 122 valence electrons. The molecule has 2 heterocycles. The van der Waals surface area contributed by atoms with Crippen LogP contribution in [-0.4, -0.2) is 10.8 Å². The first-order valence-electron chi connectivity index (χ1n) is 8.78. The average Bonchev–Trinajstić information content (AvgIpc) is 2.67. The highest BCUT2D eigenvalue weighted by molar-refractivity contribution is 6.04. The zero-order chi connectivity index (χ0) is 16.8. The van der Waals surface area contributed by atoms with Gasteiger partial charge in [-0.1, -0.05) is 36.4 Å². The van der Waals surface area contributed by atoms with Crippen LogP contribution in [0.3, 0.4) is 0 Å². The number of carbonyl (C=O) groups is 1. The molecule has 1 aliphatic carbocycles. The van der Waals surface area contributed by atoms with Crippen LogP contribution in [0.15, 0.2) is 72.2 Å². The summed E-state index contributed by atoms with van der Waals surface area (Å²) in [6, 6.07) is 16.7. The zero-order valence-corrected chi connectivity index (χ0v) is 13.8. The Morgan fingerprint density at radius 2 is 1.92 bits per heavy atom. The summed E-state index contributed by atoms with van der Waals surface area (Å²) in [5.74, 6) is 0.222. The van der Waals surface area contributed by atoms with Crippen LogP contribution in [0, 0.1) is 0 Å². The number of nitrogens with one attached hydrogen (secondary N) is 1. The minimum Gasteiger partial charge on any atom is -0.358 e. The Hall–Kier alpha value is -2.94. The summed E-state index contributed by atoms with van der Waals surface area (Å²) in [5.41, 5.74) is 5.42. The van der Waals surface area contributed by atoms with E-state index in [9.17, 15) is 4.79 Å². The van der Waals surface area contributed by atoms with Gasteiger partial charge in [0.15, 0.2) is 5.78 Å². The second kappa shape index (κ2) is 5.55. The molecule has 0 saturated carbocycles. The number of ketones is 1. The molecule has 3 aromatic rings. The van der Waals surface area contributed by atoms with E-state index in [1.807, 2.05) is 12.3 Å². The maximum absolute atomic E-state index is 12.8. The Morgan fingerprint density at radius 3 is 2.80 bits per heavy atom. The number of Topliss-reactive ketones (excluding diaryl/α,β-unsaturated/α-hetero) is 1. The van der Waals surface area contributed by atoms with Gasteiger partial charge in [-0.25, -0.2) is 0 Å². The summed E-state index contributed by atoms with van der Waals surface area (Å²) in [6.07, 6.45) is 6.18. The van der Waals surface area contributed by atoms with Gasteiger partial charge in [-0.15, -0.1) is 0 Å². The molecule has 0 bridgehead atoms.